The second-order valence-corrected chi connectivity index (χ2v) is 5.28. The minimum Gasteiger partial charge on any atom is -0.481 e. The normalized spacial score (nSPS) is 22.5. The number of rotatable bonds is 7. The molecule has 0 aliphatic heterocycles. The van der Waals surface area contributed by atoms with Gasteiger partial charge < -0.3 is 9.84 Å². The zero-order valence-electron chi connectivity index (χ0n) is 11.3. The minimum absolute atomic E-state index is 0.165. The van der Waals surface area contributed by atoms with Crippen LogP contribution in [0.25, 0.3) is 0 Å². The van der Waals surface area contributed by atoms with Crippen LogP contribution < -0.4 is 0 Å². The maximum atomic E-state index is 10.8. The Labute approximate surface area is 114 Å². The second kappa shape index (κ2) is 7.29. The molecule has 2 rings (SSSR count). The lowest BCUT2D eigenvalue weighted by atomic mass is 10.1. The number of ether oxygens (including phenoxy) is 1. The van der Waals surface area contributed by atoms with E-state index in [1.165, 1.54) is 5.56 Å². The van der Waals surface area contributed by atoms with E-state index in [2.05, 4.69) is 24.3 Å². The van der Waals surface area contributed by atoms with Crippen molar-refractivity contribution >= 4 is 5.97 Å². The Morgan fingerprint density at radius 1 is 1.21 bits per heavy atom. The van der Waals surface area contributed by atoms with Crippen molar-refractivity contribution in [2.24, 2.45) is 5.92 Å². The molecule has 2 atom stereocenters. The average Bonchev–Trinajstić information content (AvgIpc) is 2.89. The lowest BCUT2D eigenvalue weighted by Crippen LogP contribution is -2.13. The molecular formula is C16H22O3. The van der Waals surface area contributed by atoms with E-state index < -0.39 is 5.97 Å². The van der Waals surface area contributed by atoms with E-state index in [9.17, 15) is 4.79 Å². The van der Waals surface area contributed by atoms with Gasteiger partial charge in [0.1, 0.15) is 0 Å². The average molecular weight is 262 g/mol. The number of carboxylic acids is 1. The van der Waals surface area contributed by atoms with Crippen LogP contribution in [0.5, 0.6) is 0 Å². The Hall–Kier alpha value is -1.35. The van der Waals surface area contributed by atoms with Crippen molar-refractivity contribution in [3.05, 3.63) is 35.9 Å². The molecule has 0 unspecified atom stereocenters. The first kappa shape index (κ1) is 14.1. The van der Waals surface area contributed by atoms with Gasteiger partial charge in [-0.3, -0.25) is 4.79 Å². The smallest absolute Gasteiger partial charge is 0.306 e. The zero-order valence-corrected chi connectivity index (χ0v) is 11.3. The van der Waals surface area contributed by atoms with Gasteiger partial charge in [0.2, 0.25) is 0 Å². The quantitative estimate of drug-likeness (QED) is 0.767. The lowest BCUT2D eigenvalue weighted by molar-refractivity contribution is -0.141. The Balaban J connectivity index is 1.54. The molecule has 3 nitrogen and oxygen atoms in total. The minimum atomic E-state index is -0.671. The SMILES string of the molecule is O=C(O)[C@H]1CC[C@H](OCCCCc2ccccc2)C1. The zero-order chi connectivity index (χ0) is 13.5. The number of hydrogen-bond donors (Lipinski definition) is 1. The topological polar surface area (TPSA) is 46.5 Å². The molecule has 0 spiro atoms. The summed E-state index contributed by atoms with van der Waals surface area (Å²) in [5.74, 6) is -0.857. The summed E-state index contributed by atoms with van der Waals surface area (Å²) in [7, 11) is 0. The highest BCUT2D eigenvalue weighted by molar-refractivity contribution is 5.70. The van der Waals surface area contributed by atoms with Crippen LogP contribution in [0.2, 0.25) is 0 Å². The van der Waals surface area contributed by atoms with Crippen molar-refractivity contribution in [2.75, 3.05) is 6.61 Å². The first-order valence-corrected chi connectivity index (χ1v) is 7.14. The molecule has 1 N–H and O–H groups in total. The monoisotopic (exact) mass is 262 g/mol. The molecule has 0 saturated heterocycles. The number of hydrogen-bond acceptors (Lipinski definition) is 2. The van der Waals surface area contributed by atoms with Gasteiger partial charge >= 0.3 is 5.97 Å². The summed E-state index contributed by atoms with van der Waals surface area (Å²) in [6, 6.07) is 10.5. The van der Waals surface area contributed by atoms with Crippen molar-refractivity contribution < 1.29 is 14.6 Å². The van der Waals surface area contributed by atoms with E-state index in [4.69, 9.17) is 9.84 Å². The predicted molar refractivity (Wildman–Crippen MR) is 74.1 cm³/mol. The van der Waals surface area contributed by atoms with Gasteiger partial charge in [0, 0.05) is 6.61 Å². The fourth-order valence-corrected chi connectivity index (χ4v) is 2.64. The molecule has 0 aromatic heterocycles. The molecular weight excluding hydrogens is 240 g/mol. The van der Waals surface area contributed by atoms with Gasteiger partial charge in [0.15, 0.2) is 0 Å². The summed E-state index contributed by atoms with van der Waals surface area (Å²) >= 11 is 0. The Bertz CT molecular complexity index is 388. The molecule has 1 aliphatic carbocycles. The van der Waals surface area contributed by atoms with Crippen LogP contribution in [0.4, 0.5) is 0 Å². The van der Waals surface area contributed by atoms with Crippen LogP contribution in [0, 0.1) is 5.92 Å². The number of carboxylic acid groups (broad SMARTS) is 1. The number of aliphatic carboxylic acids is 1. The van der Waals surface area contributed by atoms with E-state index in [0.29, 0.717) is 6.42 Å². The highest BCUT2D eigenvalue weighted by atomic mass is 16.5. The molecule has 0 radical (unpaired) electrons. The maximum Gasteiger partial charge on any atom is 0.306 e. The van der Waals surface area contributed by atoms with Crippen LogP contribution in [-0.2, 0) is 16.0 Å². The highest BCUT2D eigenvalue weighted by Crippen LogP contribution is 2.28. The third kappa shape index (κ3) is 4.67. The molecule has 1 aliphatic rings. The molecule has 3 heteroatoms. The van der Waals surface area contributed by atoms with Crippen molar-refractivity contribution in [1.82, 2.24) is 0 Å². The lowest BCUT2D eigenvalue weighted by Gasteiger charge is -2.11. The fourth-order valence-electron chi connectivity index (χ4n) is 2.64. The number of unbranched alkanes of at least 4 members (excludes halogenated alkanes) is 1. The summed E-state index contributed by atoms with van der Waals surface area (Å²) in [5.41, 5.74) is 1.37. The molecule has 1 aromatic carbocycles. The van der Waals surface area contributed by atoms with Gasteiger partial charge in [0.25, 0.3) is 0 Å². The summed E-state index contributed by atoms with van der Waals surface area (Å²) in [6.07, 6.45) is 5.78. The standard InChI is InChI=1S/C16H22O3/c17-16(18)14-9-10-15(12-14)19-11-5-4-8-13-6-2-1-3-7-13/h1-3,6-7,14-15H,4-5,8-12H2,(H,17,18)/t14-,15-/m0/s1. The van der Waals surface area contributed by atoms with Gasteiger partial charge in [-0.05, 0) is 44.1 Å². The molecule has 1 fully saturated rings. The molecule has 104 valence electrons. The highest BCUT2D eigenvalue weighted by Gasteiger charge is 2.29. The Kier molecular flexibility index (Phi) is 5.40. The largest absolute Gasteiger partial charge is 0.481 e. The predicted octanol–water partition coefficient (Wildman–Crippen LogP) is 3.28. The number of carbonyl (C=O) groups is 1. The van der Waals surface area contributed by atoms with Gasteiger partial charge in [-0.15, -0.1) is 0 Å². The van der Waals surface area contributed by atoms with E-state index in [1.54, 1.807) is 0 Å². The molecule has 0 bridgehead atoms. The van der Waals surface area contributed by atoms with Crippen LogP contribution in [0.3, 0.4) is 0 Å². The van der Waals surface area contributed by atoms with Crippen LogP contribution in [-0.4, -0.2) is 23.8 Å². The van der Waals surface area contributed by atoms with Crippen molar-refractivity contribution in [1.29, 1.82) is 0 Å². The Morgan fingerprint density at radius 3 is 2.68 bits per heavy atom. The molecule has 19 heavy (non-hydrogen) atoms. The summed E-state index contributed by atoms with van der Waals surface area (Å²) < 4.78 is 5.76. The maximum absolute atomic E-state index is 10.8. The van der Waals surface area contributed by atoms with Crippen molar-refractivity contribution in [2.45, 2.75) is 44.6 Å². The Morgan fingerprint density at radius 2 is 2.00 bits per heavy atom. The van der Waals surface area contributed by atoms with Crippen LogP contribution in [0.15, 0.2) is 30.3 Å². The van der Waals surface area contributed by atoms with E-state index >= 15 is 0 Å². The van der Waals surface area contributed by atoms with E-state index in [1.807, 2.05) is 6.07 Å². The first-order chi connectivity index (χ1) is 9.25. The summed E-state index contributed by atoms with van der Waals surface area (Å²) in [4.78, 5) is 10.8. The third-order valence-electron chi connectivity index (χ3n) is 3.79. The first-order valence-electron chi connectivity index (χ1n) is 7.14. The van der Waals surface area contributed by atoms with Crippen molar-refractivity contribution in [3.63, 3.8) is 0 Å². The van der Waals surface area contributed by atoms with Gasteiger partial charge in [0.05, 0.1) is 12.0 Å². The van der Waals surface area contributed by atoms with Gasteiger partial charge in [-0.25, -0.2) is 0 Å². The summed E-state index contributed by atoms with van der Waals surface area (Å²) in [5, 5.41) is 8.91. The van der Waals surface area contributed by atoms with Crippen molar-refractivity contribution in [3.8, 4) is 0 Å². The molecule has 1 aromatic rings. The van der Waals surface area contributed by atoms with Crippen LogP contribution >= 0.6 is 0 Å². The number of aryl methyl sites for hydroxylation is 1. The fraction of sp³-hybridized carbons (Fsp3) is 0.562. The molecule has 1 saturated carbocycles. The van der Waals surface area contributed by atoms with E-state index in [-0.39, 0.29) is 12.0 Å². The van der Waals surface area contributed by atoms with Gasteiger partial charge in [-0.1, -0.05) is 30.3 Å². The van der Waals surface area contributed by atoms with Gasteiger partial charge in [-0.2, -0.15) is 0 Å². The molecule has 0 heterocycles. The van der Waals surface area contributed by atoms with E-state index in [0.717, 1.165) is 38.7 Å². The number of benzene rings is 1. The molecule has 0 amide bonds. The third-order valence-corrected chi connectivity index (χ3v) is 3.79. The summed E-state index contributed by atoms with van der Waals surface area (Å²) in [6.45, 7) is 0.754. The van der Waals surface area contributed by atoms with Crippen LogP contribution in [0.1, 0.15) is 37.7 Å². The second-order valence-electron chi connectivity index (χ2n) is 5.28.